The first-order valence-electron chi connectivity index (χ1n) is 12.4. The van der Waals surface area contributed by atoms with Crippen molar-refractivity contribution in [3.8, 4) is 5.75 Å². The van der Waals surface area contributed by atoms with E-state index in [-0.39, 0.29) is 34.4 Å². The van der Waals surface area contributed by atoms with E-state index in [4.69, 9.17) is 5.11 Å². The Bertz CT molecular complexity index is 1210. The van der Waals surface area contributed by atoms with Crippen LogP contribution in [0.3, 0.4) is 0 Å². The number of sulfonamides is 1. The number of anilines is 1. The molecule has 0 aliphatic carbocycles. The van der Waals surface area contributed by atoms with Crippen LogP contribution in [0.4, 0.5) is 5.69 Å². The van der Waals surface area contributed by atoms with Crippen molar-refractivity contribution in [2.24, 2.45) is 0 Å². The molecule has 0 fully saturated rings. The second kappa shape index (κ2) is 11.5. The quantitative estimate of drug-likeness (QED) is 0.184. The molecular formula is C27H42N2O6SSi. The Morgan fingerprint density at radius 3 is 2.24 bits per heavy atom. The molecule has 0 saturated carbocycles. The molecule has 0 aromatic heterocycles. The number of carboxylic acid groups (broad SMARTS) is 1. The molecule has 8 nitrogen and oxygen atoms in total. The van der Waals surface area contributed by atoms with Crippen LogP contribution in [0.1, 0.15) is 56.7 Å². The number of carbonyl (C=O) groups is 1. The molecule has 5 N–H and O–H groups in total. The van der Waals surface area contributed by atoms with Gasteiger partial charge in [0.15, 0.2) is 8.32 Å². The van der Waals surface area contributed by atoms with Gasteiger partial charge in [-0.15, -0.1) is 0 Å². The van der Waals surface area contributed by atoms with Gasteiger partial charge in [0, 0.05) is 12.1 Å². The summed E-state index contributed by atoms with van der Waals surface area (Å²) < 4.78 is 26.0. The zero-order chi connectivity index (χ0) is 28.2. The molecule has 0 amide bonds. The maximum Gasteiger partial charge on any atom is 0.307 e. The summed E-state index contributed by atoms with van der Waals surface area (Å²) in [4.78, 5) is 22.1. The molecule has 1 atom stereocenters. The van der Waals surface area contributed by atoms with E-state index in [0.717, 1.165) is 22.9 Å². The van der Waals surface area contributed by atoms with Gasteiger partial charge in [-0.2, -0.15) is 0 Å². The molecule has 10 heteroatoms. The Kier molecular flexibility index (Phi) is 9.62. The van der Waals surface area contributed by atoms with Crippen LogP contribution in [0, 0.1) is 0 Å². The normalized spacial score (nSPS) is 13.8. The second-order valence-electron chi connectivity index (χ2n) is 11.8. The second-order valence-corrected chi connectivity index (χ2v) is 18.0. The van der Waals surface area contributed by atoms with Crippen molar-refractivity contribution in [1.29, 1.82) is 0 Å². The summed E-state index contributed by atoms with van der Waals surface area (Å²) in [6, 6.07) is 12.5. The minimum Gasteiger partial charge on any atom is -0.506 e. The van der Waals surface area contributed by atoms with Crippen LogP contribution in [0.5, 0.6) is 5.75 Å². The van der Waals surface area contributed by atoms with Crippen molar-refractivity contribution < 1.29 is 28.2 Å². The van der Waals surface area contributed by atoms with E-state index in [1.54, 1.807) is 12.1 Å². The van der Waals surface area contributed by atoms with Crippen molar-refractivity contribution in [2.75, 3.05) is 17.5 Å². The maximum atomic E-state index is 11.8. The molecule has 2 rings (SSSR count). The average molecular weight is 551 g/mol. The number of hydrogen-bond acceptors (Lipinski definition) is 6. The lowest BCUT2D eigenvalue weighted by molar-refractivity contribution is -0.136. The lowest BCUT2D eigenvalue weighted by Crippen LogP contribution is -2.45. The van der Waals surface area contributed by atoms with E-state index in [2.05, 4.69) is 37.7 Å². The molecule has 2 aromatic carbocycles. The summed E-state index contributed by atoms with van der Waals surface area (Å²) in [6.45, 7) is 12.7. The molecule has 37 heavy (non-hydrogen) atoms. The van der Waals surface area contributed by atoms with Gasteiger partial charge in [0.25, 0.3) is 0 Å². The number of nitrogens with one attached hydrogen (secondary N) is 2. The summed E-state index contributed by atoms with van der Waals surface area (Å²) in [7, 11) is -6.11. The molecule has 206 valence electrons. The number of benzene rings is 2. The van der Waals surface area contributed by atoms with Crippen molar-refractivity contribution in [2.45, 2.75) is 76.5 Å². The molecule has 0 unspecified atom stereocenters. The smallest absolute Gasteiger partial charge is 0.307 e. The third-order valence-corrected chi connectivity index (χ3v) is 11.1. The fraction of sp³-hybridized carbons (Fsp3) is 0.519. The third kappa shape index (κ3) is 9.77. The average Bonchev–Trinajstić information content (AvgIpc) is 2.70. The van der Waals surface area contributed by atoms with Crippen LogP contribution in [0.25, 0.3) is 0 Å². The predicted molar refractivity (Wildman–Crippen MR) is 151 cm³/mol. The Hall–Kier alpha value is -2.40. The van der Waals surface area contributed by atoms with Gasteiger partial charge in [0.2, 0.25) is 10.0 Å². The highest BCUT2D eigenvalue weighted by Crippen LogP contribution is 2.45. The molecule has 0 aliphatic rings. The SMILES string of the molecule is CC(C)(Cc1cccc(CC(=O)O)c1)NC[C@H](CC(C)(C)[Si](C)(C)O)c1ccc(O)c(NS(C)(=O)=O)c1. The largest absolute Gasteiger partial charge is 0.506 e. The lowest BCUT2D eigenvalue weighted by Gasteiger charge is -2.39. The van der Waals surface area contributed by atoms with Crippen molar-refractivity contribution >= 4 is 30.0 Å². The summed E-state index contributed by atoms with van der Waals surface area (Å²) in [6.07, 6.45) is 2.34. The molecule has 0 saturated heterocycles. The number of rotatable bonds is 13. The van der Waals surface area contributed by atoms with Gasteiger partial charge in [-0.25, -0.2) is 8.42 Å². The fourth-order valence-electron chi connectivity index (χ4n) is 4.26. The van der Waals surface area contributed by atoms with Crippen molar-refractivity contribution in [3.63, 3.8) is 0 Å². The number of carboxylic acids is 1. The first-order chi connectivity index (χ1) is 16.8. The van der Waals surface area contributed by atoms with E-state index in [1.807, 2.05) is 37.4 Å². The summed E-state index contributed by atoms with van der Waals surface area (Å²) in [5.74, 6) is -1.10. The van der Waals surface area contributed by atoms with Crippen LogP contribution in [-0.2, 0) is 27.7 Å². The molecule has 2 aromatic rings. The van der Waals surface area contributed by atoms with E-state index in [0.29, 0.717) is 19.4 Å². The maximum absolute atomic E-state index is 11.8. The number of phenols is 1. The molecule has 0 radical (unpaired) electrons. The summed E-state index contributed by atoms with van der Waals surface area (Å²) in [5, 5.41) is 22.6. The number of aliphatic carboxylic acids is 1. The van der Waals surface area contributed by atoms with E-state index >= 15 is 0 Å². The zero-order valence-electron chi connectivity index (χ0n) is 22.9. The van der Waals surface area contributed by atoms with Gasteiger partial charge in [-0.3, -0.25) is 9.52 Å². The lowest BCUT2D eigenvalue weighted by atomic mass is 9.87. The van der Waals surface area contributed by atoms with E-state index in [9.17, 15) is 23.1 Å². The van der Waals surface area contributed by atoms with Crippen LogP contribution in [0.2, 0.25) is 18.1 Å². The van der Waals surface area contributed by atoms with Crippen LogP contribution < -0.4 is 10.0 Å². The fourth-order valence-corrected chi connectivity index (χ4v) is 5.57. The van der Waals surface area contributed by atoms with Crippen molar-refractivity contribution in [1.82, 2.24) is 5.32 Å². The molecule has 0 aliphatic heterocycles. The number of hydrogen-bond donors (Lipinski definition) is 5. The number of phenolic OH excluding ortho intramolecular Hbond substituents is 1. The van der Waals surface area contributed by atoms with Gasteiger partial charge >= 0.3 is 5.97 Å². The first kappa shape index (κ1) is 30.8. The monoisotopic (exact) mass is 550 g/mol. The van der Waals surface area contributed by atoms with Gasteiger partial charge in [-0.1, -0.05) is 44.2 Å². The standard InChI is InChI=1S/C27H42N2O6SSi/c1-26(2,16-20-10-8-9-19(13-20)14-25(31)32)28-18-22(17-27(3,4)37(6,7)35)21-11-12-24(30)23(15-21)29-36(5,33)34/h8-13,15,22,28-30,35H,14,16-18H2,1-7H3,(H,31,32)/t22-/m0/s1. The van der Waals surface area contributed by atoms with Crippen molar-refractivity contribution in [3.05, 3.63) is 59.2 Å². The Labute approximate surface area is 222 Å². The number of aromatic hydroxyl groups is 1. The Morgan fingerprint density at radius 1 is 1.05 bits per heavy atom. The van der Waals surface area contributed by atoms with E-state index < -0.39 is 24.3 Å². The Morgan fingerprint density at radius 2 is 1.68 bits per heavy atom. The van der Waals surface area contributed by atoms with Crippen LogP contribution in [-0.4, -0.2) is 56.1 Å². The first-order valence-corrected chi connectivity index (χ1v) is 17.2. The highest BCUT2D eigenvalue weighted by Gasteiger charge is 2.40. The van der Waals surface area contributed by atoms with Crippen LogP contribution >= 0.6 is 0 Å². The Balaban J connectivity index is 2.32. The highest BCUT2D eigenvalue weighted by atomic mass is 32.2. The van der Waals surface area contributed by atoms with E-state index in [1.165, 1.54) is 6.07 Å². The zero-order valence-corrected chi connectivity index (χ0v) is 24.7. The molecule has 0 spiro atoms. The summed E-state index contributed by atoms with van der Waals surface area (Å²) >= 11 is 0. The minimum atomic E-state index is -3.58. The minimum absolute atomic E-state index is 0.0234. The summed E-state index contributed by atoms with van der Waals surface area (Å²) in [5.41, 5.74) is 2.42. The third-order valence-electron chi connectivity index (χ3n) is 7.02. The van der Waals surface area contributed by atoms with Gasteiger partial charge in [-0.05, 0) is 79.6 Å². The topological polar surface area (TPSA) is 136 Å². The van der Waals surface area contributed by atoms with Gasteiger partial charge in [0.1, 0.15) is 5.75 Å². The predicted octanol–water partition coefficient (Wildman–Crippen LogP) is 4.45. The molecule has 0 heterocycles. The highest BCUT2D eigenvalue weighted by molar-refractivity contribution is 7.92. The van der Waals surface area contributed by atoms with Gasteiger partial charge < -0.3 is 20.3 Å². The van der Waals surface area contributed by atoms with Gasteiger partial charge in [0.05, 0.1) is 18.4 Å². The van der Waals surface area contributed by atoms with Crippen LogP contribution in [0.15, 0.2) is 42.5 Å². The molecule has 0 bridgehead atoms. The molecular weight excluding hydrogens is 508 g/mol.